The summed E-state index contributed by atoms with van der Waals surface area (Å²) in [7, 11) is 0. The lowest BCUT2D eigenvalue weighted by Gasteiger charge is -2.40. The van der Waals surface area contributed by atoms with Crippen molar-refractivity contribution in [2.75, 3.05) is 26.3 Å². The highest BCUT2D eigenvalue weighted by Crippen LogP contribution is 2.23. The van der Waals surface area contributed by atoms with E-state index in [0.717, 1.165) is 6.42 Å². The van der Waals surface area contributed by atoms with Crippen LogP contribution in [0.4, 0.5) is 4.79 Å². The normalized spacial score (nSPS) is 17.1. The van der Waals surface area contributed by atoms with Crippen LogP contribution in [0.3, 0.4) is 0 Å². The Kier molecular flexibility index (Phi) is 7.47. The van der Waals surface area contributed by atoms with Crippen LogP contribution in [0, 0.1) is 0 Å². The van der Waals surface area contributed by atoms with Crippen molar-refractivity contribution in [1.29, 1.82) is 0 Å². The van der Waals surface area contributed by atoms with Crippen LogP contribution in [0.5, 0.6) is 5.75 Å². The van der Waals surface area contributed by atoms with Gasteiger partial charge in [0.25, 0.3) is 0 Å². The molecule has 0 radical (unpaired) electrons. The summed E-state index contributed by atoms with van der Waals surface area (Å²) in [5.41, 5.74) is 6.66. The molecule has 156 valence electrons. The summed E-state index contributed by atoms with van der Waals surface area (Å²) in [5, 5.41) is 10.3. The summed E-state index contributed by atoms with van der Waals surface area (Å²) in [6.45, 7) is 7.11. The molecule has 9 heteroatoms. The smallest absolute Gasteiger partial charge is 0.410 e. The van der Waals surface area contributed by atoms with Crippen molar-refractivity contribution in [2.45, 2.75) is 45.3 Å². The Morgan fingerprint density at radius 2 is 2.21 bits per heavy atom. The number of likely N-dealkylation sites (tertiary alicyclic amines) is 1. The van der Waals surface area contributed by atoms with E-state index in [-0.39, 0.29) is 18.7 Å². The molecular weight excluding hydrogens is 362 g/mol. The van der Waals surface area contributed by atoms with Crippen LogP contribution < -0.4 is 16.3 Å². The minimum Gasteiger partial charge on any atom is -0.490 e. The van der Waals surface area contributed by atoms with Gasteiger partial charge >= 0.3 is 6.09 Å². The van der Waals surface area contributed by atoms with Crippen LogP contribution in [0.2, 0.25) is 0 Å². The molecule has 0 aromatic carbocycles. The first kappa shape index (κ1) is 21.8. The Morgan fingerprint density at radius 3 is 2.82 bits per heavy atom. The van der Waals surface area contributed by atoms with Crippen molar-refractivity contribution in [3.8, 4) is 5.75 Å². The Hall–Kier alpha value is -2.52. The highest BCUT2D eigenvalue weighted by Gasteiger charge is 2.35. The summed E-state index contributed by atoms with van der Waals surface area (Å²) in [6.07, 6.45) is 5.90. The molecule has 1 saturated heterocycles. The number of hydrogen-bond donors (Lipinski definition) is 3. The Balaban J connectivity index is 1.91. The van der Waals surface area contributed by atoms with Gasteiger partial charge in [-0.1, -0.05) is 0 Å². The molecule has 5 N–H and O–H groups in total. The van der Waals surface area contributed by atoms with Gasteiger partial charge in [0.2, 0.25) is 0 Å². The molecule has 28 heavy (non-hydrogen) atoms. The lowest BCUT2D eigenvalue weighted by Crippen LogP contribution is -2.55. The SMILES string of the molecule is CC(C)(C)OC(=O)N1CCC1COc1cncc(/C(N)=C/N(N)CCCO)c1. The van der Waals surface area contributed by atoms with E-state index in [9.17, 15) is 4.79 Å². The number of amides is 1. The van der Waals surface area contributed by atoms with Crippen molar-refractivity contribution in [3.63, 3.8) is 0 Å². The van der Waals surface area contributed by atoms with E-state index in [1.165, 1.54) is 5.01 Å². The van der Waals surface area contributed by atoms with Gasteiger partial charge in [0.05, 0.1) is 17.9 Å². The van der Waals surface area contributed by atoms with Crippen molar-refractivity contribution < 1.29 is 19.4 Å². The molecule has 0 saturated carbocycles. The van der Waals surface area contributed by atoms with Crippen molar-refractivity contribution >= 4 is 11.8 Å². The number of ether oxygens (including phenoxy) is 2. The molecule has 0 aliphatic carbocycles. The highest BCUT2D eigenvalue weighted by molar-refractivity contribution is 5.69. The van der Waals surface area contributed by atoms with Crippen molar-refractivity contribution in [2.24, 2.45) is 11.6 Å². The molecule has 1 aromatic rings. The fourth-order valence-electron chi connectivity index (χ4n) is 2.59. The Bertz CT molecular complexity index is 689. The molecule has 1 aliphatic rings. The molecule has 0 spiro atoms. The zero-order valence-corrected chi connectivity index (χ0v) is 16.8. The van der Waals surface area contributed by atoms with Gasteiger partial charge in [-0.3, -0.25) is 4.98 Å². The number of nitrogens with zero attached hydrogens (tertiary/aromatic N) is 3. The third-order valence-electron chi connectivity index (χ3n) is 4.14. The molecule has 9 nitrogen and oxygen atoms in total. The second-order valence-corrected chi connectivity index (χ2v) is 7.74. The van der Waals surface area contributed by atoms with Crippen LogP contribution in [0.15, 0.2) is 24.7 Å². The van der Waals surface area contributed by atoms with Crippen LogP contribution in [0.1, 0.15) is 39.2 Å². The van der Waals surface area contributed by atoms with E-state index in [4.69, 9.17) is 26.2 Å². The zero-order valence-electron chi connectivity index (χ0n) is 16.8. The van der Waals surface area contributed by atoms with E-state index < -0.39 is 5.60 Å². The molecule has 1 aromatic heterocycles. The quantitative estimate of drug-likeness (QED) is 0.445. The lowest BCUT2D eigenvalue weighted by molar-refractivity contribution is -0.0141. The number of carbonyl (C=O) groups is 1. The number of nitrogens with two attached hydrogens (primary N) is 2. The minimum atomic E-state index is -0.520. The number of aliphatic hydroxyl groups excluding tert-OH is 1. The lowest BCUT2D eigenvalue weighted by atomic mass is 10.1. The van der Waals surface area contributed by atoms with E-state index in [1.54, 1.807) is 29.6 Å². The molecule has 2 rings (SSSR count). The van der Waals surface area contributed by atoms with Gasteiger partial charge in [0.15, 0.2) is 0 Å². The summed E-state index contributed by atoms with van der Waals surface area (Å²) >= 11 is 0. The maximum atomic E-state index is 12.2. The van der Waals surface area contributed by atoms with Crippen LogP contribution in [0.25, 0.3) is 5.70 Å². The van der Waals surface area contributed by atoms with E-state index in [2.05, 4.69) is 4.98 Å². The minimum absolute atomic E-state index is 0.0237. The van der Waals surface area contributed by atoms with E-state index in [1.807, 2.05) is 20.8 Å². The number of hydrogen-bond acceptors (Lipinski definition) is 8. The number of aliphatic hydroxyl groups is 1. The first-order valence-corrected chi connectivity index (χ1v) is 9.37. The monoisotopic (exact) mass is 393 g/mol. The average Bonchev–Trinajstić information content (AvgIpc) is 2.57. The van der Waals surface area contributed by atoms with Crippen LogP contribution >= 0.6 is 0 Å². The van der Waals surface area contributed by atoms with E-state index in [0.29, 0.717) is 43.1 Å². The largest absolute Gasteiger partial charge is 0.490 e. The first-order chi connectivity index (χ1) is 13.2. The molecule has 2 heterocycles. The topological polar surface area (TPSA) is 127 Å². The molecule has 0 bridgehead atoms. The van der Waals surface area contributed by atoms with Gasteiger partial charge in [-0.2, -0.15) is 0 Å². The maximum absolute atomic E-state index is 12.2. The predicted molar refractivity (Wildman–Crippen MR) is 106 cm³/mol. The Labute approximate surface area is 165 Å². The number of hydrazine groups is 1. The molecular formula is C19H31N5O4. The number of rotatable bonds is 8. The second-order valence-electron chi connectivity index (χ2n) is 7.74. The molecule has 1 fully saturated rings. The zero-order chi connectivity index (χ0) is 20.7. The third-order valence-corrected chi connectivity index (χ3v) is 4.14. The molecule has 1 aliphatic heterocycles. The van der Waals surface area contributed by atoms with Gasteiger partial charge in [-0.05, 0) is 39.7 Å². The average molecular weight is 393 g/mol. The summed E-state index contributed by atoms with van der Waals surface area (Å²) in [4.78, 5) is 18.0. The number of carbonyl (C=O) groups excluding carboxylic acids is 1. The Morgan fingerprint density at radius 1 is 1.46 bits per heavy atom. The first-order valence-electron chi connectivity index (χ1n) is 9.37. The standard InChI is InChI=1S/C19H31N5O4/c1-19(2,3)28-18(26)24-7-5-15(24)13-27-16-9-14(10-22-11-16)17(20)12-23(21)6-4-8-25/h9-12,15,25H,4-8,13,20-21H2,1-3H3/b17-12-. The fraction of sp³-hybridized carbons (Fsp3) is 0.579. The highest BCUT2D eigenvalue weighted by atomic mass is 16.6. The second kappa shape index (κ2) is 9.61. The predicted octanol–water partition coefficient (Wildman–Crippen LogP) is 1.29. The summed E-state index contributed by atoms with van der Waals surface area (Å²) < 4.78 is 11.2. The molecule has 1 atom stereocenters. The molecule has 1 unspecified atom stereocenters. The van der Waals surface area contributed by atoms with Gasteiger partial charge in [0, 0.05) is 37.7 Å². The number of aromatic nitrogens is 1. The van der Waals surface area contributed by atoms with Crippen molar-refractivity contribution in [1.82, 2.24) is 14.9 Å². The molecule has 1 amide bonds. The van der Waals surface area contributed by atoms with Gasteiger partial charge < -0.3 is 30.2 Å². The van der Waals surface area contributed by atoms with Crippen molar-refractivity contribution in [3.05, 3.63) is 30.2 Å². The van der Waals surface area contributed by atoms with Gasteiger partial charge in [-0.25, -0.2) is 10.6 Å². The summed E-state index contributed by atoms with van der Waals surface area (Å²) in [6, 6.07) is 1.75. The van der Waals surface area contributed by atoms with E-state index >= 15 is 0 Å². The number of pyridine rings is 1. The maximum Gasteiger partial charge on any atom is 0.410 e. The van der Waals surface area contributed by atoms with Crippen LogP contribution in [-0.2, 0) is 4.74 Å². The third kappa shape index (κ3) is 6.58. The van der Waals surface area contributed by atoms with Gasteiger partial charge in [0.1, 0.15) is 18.0 Å². The van der Waals surface area contributed by atoms with Gasteiger partial charge in [-0.15, -0.1) is 0 Å². The summed E-state index contributed by atoms with van der Waals surface area (Å²) in [5.74, 6) is 6.37. The fourth-order valence-corrected chi connectivity index (χ4v) is 2.59. The van der Waals surface area contributed by atoms with Crippen LogP contribution in [-0.4, -0.2) is 64.0 Å².